The molecule has 2 rings (SSSR count). The first-order valence-corrected chi connectivity index (χ1v) is 5.98. The first-order chi connectivity index (χ1) is 7.31. The van der Waals surface area contributed by atoms with Crippen LogP contribution in [0.3, 0.4) is 0 Å². The summed E-state index contributed by atoms with van der Waals surface area (Å²) in [5.74, 6) is 0.462. The predicted molar refractivity (Wildman–Crippen MR) is 64.0 cm³/mol. The van der Waals surface area contributed by atoms with E-state index >= 15 is 0 Å². The Morgan fingerprint density at radius 1 is 1.60 bits per heavy atom. The molecule has 0 spiro atoms. The highest BCUT2D eigenvalue weighted by Crippen LogP contribution is 2.26. The average Bonchev–Trinajstić information content (AvgIpc) is 2.89. The van der Waals surface area contributed by atoms with Crippen LogP contribution in [0, 0.1) is 0 Å². The number of hydrogen-bond acceptors (Lipinski definition) is 3. The van der Waals surface area contributed by atoms with Crippen molar-refractivity contribution < 1.29 is 0 Å². The fraction of sp³-hybridized carbons (Fsp3) is 0.364. The molecule has 1 unspecified atom stereocenters. The van der Waals surface area contributed by atoms with Gasteiger partial charge in [0.15, 0.2) is 0 Å². The van der Waals surface area contributed by atoms with Crippen LogP contribution < -0.4 is 5.73 Å². The van der Waals surface area contributed by atoms with Gasteiger partial charge in [0.2, 0.25) is 0 Å². The molecule has 0 amide bonds. The largest absolute Gasteiger partial charge is 0.360 e. The Kier molecular flexibility index (Phi) is 3.18. The molecular weight excluding hydrogens is 206 g/mol. The minimum absolute atomic E-state index is 0.462. The van der Waals surface area contributed by atoms with Gasteiger partial charge in [0, 0.05) is 17.5 Å². The van der Waals surface area contributed by atoms with E-state index < -0.39 is 0 Å². The molecule has 3 nitrogen and oxygen atoms in total. The standard InChI is InChI=1S/C11H15N3S/c1-8(4-5-12)11-14-10(7-15-11)9-3-2-6-13-9/h2-3,6-8,13H,4-5,12H2,1H3. The Bertz CT molecular complexity index is 405. The lowest BCUT2D eigenvalue weighted by molar-refractivity contribution is 0.685. The van der Waals surface area contributed by atoms with E-state index in [2.05, 4.69) is 22.3 Å². The number of aromatic nitrogens is 2. The van der Waals surface area contributed by atoms with Gasteiger partial charge in [-0.1, -0.05) is 6.92 Å². The van der Waals surface area contributed by atoms with Crippen LogP contribution in [0.1, 0.15) is 24.3 Å². The van der Waals surface area contributed by atoms with Crippen LogP contribution in [0.15, 0.2) is 23.7 Å². The lowest BCUT2D eigenvalue weighted by atomic mass is 10.1. The molecule has 4 heteroatoms. The number of H-pyrrole nitrogens is 1. The van der Waals surface area contributed by atoms with Crippen molar-refractivity contribution in [1.29, 1.82) is 0 Å². The van der Waals surface area contributed by atoms with Crippen molar-refractivity contribution in [2.75, 3.05) is 6.54 Å². The number of rotatable bonds is 4. The maximum atomic E-state index is 5.54. The van der Waals surface area contributed by atoms with E-state index in [0.717, 1.165) is 24.4 Å². The second-order valence-electron chi connectivity index (χ2n) is 3.63. The van der Waals surface area contributed by atoms with E-state index in [9.17, 15) is 0 Å². The third kappa shape index (κ3) is 2.27. The molecule has 0 saturated carbocycles. The van der Waals surface area contributed by atoms with Crippen LogP contribution in [0.4, 0.5) is 0 Å². The Balaban J connectivity index is 2.17. The van der Waals surface area contributed by atoms with Crippen LogP contribution in [0.5, 0.6) is 0 Å². The molecule has 1 atom stereocenters. The van der Waals surface area contributed by atoms with Crippen molar-refractivity contribution in [1.82, 2.24) is 9.97 Å². The number of nitrogens with two attached hydrogens (primary N) is 1. The van der Waals surface area contributed by atoms with Crippen molar-refractivity contribution in [3.05, 3.63) is 28.7 Å². The van der Waals surface area contributed by atoms with E-state index in [-0.39, 0.29) is 0 Å². The molecule has 3 N–H and O–H groups in total. The Morgan fingerprint density at radius 3 is 3.13 bits per heavy atom. The average molecular weight is 221 g/mol. The second-order valence-corrected chi connectivity index (χ2v) is 4.52. The third-order valence-electron chi connectivity index (χ3n) is 2.42. The maximum absolute atomic E-state index is 5.54. The van der Waals surface area contributed by atoms with E-state index in [1.54, 1.807) is 11.3 Å². The SMILES string of the molecule is CC(CCN)c1nc(-c2ccc[nH]2)cs1. The molecule has 0 saturated heterocycles. The maximum Gasteiger partial charge on any atom is 0.0976 e. The molecule has 2 heterocycles. The highest BCUT2D eigenvalue weighted by Gasteiger charge is 2.10. The Hall–Kier alpha value is -1.13. The topological polar surface area (TPSA) is 54.7 Å². The molecule has 2 aromatic heterocycles. The number of hydrogen-bond donors (Lipinski definition) is 2. The van der Waals surface area contributed by atoms with Gasteiger partial charge in [-0.3, -0.25) is 0 Å². The van der Waals surface area contributed by atoms with Gasteiger partial charge in [-0.2, -0.15) is 0 Å². The lowest BCUT2D eigenvalue weighted by Crippen LogP contribution is -2.04. The highest BCUT2D eigenvalue weighted by atomic mass is 32.1. The summed E-state index contributed by atoms with van der Waals surface area (Å²) in [4.78, 5) is 7.76. The molecule has 0 radical (unpaired) electrons. The first kappa shape index (κ1) is 10.4. The van der Waals surface area contributed by atoms with Crippen LogP contribution in [-0.2, 0) is 0 Å². The summed E-state index contributed by atoms with van der Waals surface area (Å²) in [5, 5.41) is 3.26. The van der Waals surface area contributed by atoms with Crippen molar-refractivity contribution in [3.8, 4) is 11.4 Å². The fourth-order valence-electron chi connectivity index (χ4n) is 1.50. The Morgan fingerprint density at radius 2 is 2.47 bits per heavy atom. The molecule has 80 valence electrons. The van der Waals surface area contributed by atoms with E-state index in [0.29, 0.717) is 5.92 Å². The summed E-state index contributed by atoms with van der Waals surface area (Å²) in [6.07, 6.45) is 2.91. The predicted octanol–water partition coefficient (Wildman–Crippen LogP) is 2.59. The van der Waals surface area contributed by atoms with E-state index in [4.69, 9.17) is 5.73 Å². The van der Waals surface area contributed by atoms with Crippen molar-refractivity contribution in [2.45, 2.75) is 19.3 Å². The third-order valence-corrected chi connectivity index (χ3v) is 3.49. The van der Waals surface area contributed by atoms with Crippen LogP contribution in [0.2, 0.25) is 0 Å². The summed E-state index contributed by atoms with van der Waals surface area (Å²) in [6.45, 7) is 2.89. The molecule has 0 aliphatic rings. The number of nitrogens with one attached hydrogen (secondary N) is 1. The normalized spacial score (nSPS) is 12.9. The lowest BCUT2D eigenvalue weighted by Gasteiger charge is -2.04. The molecule has 0 aromatic carbocycles. The van der Waals surface area contributed by atoms with Gasteiger partial charge in [0.1, 0.15) is 0 Å². The number of aromatic amines is 1. The molecule has 0 fully saturated rings. The monoisotopic (exact) mass is 221 g/mol. The molecule has 0 aliphatic carbocycles. The van der Waals surface area contributed by atoms with Crippen LogP contribution >= 0.6 is 11.3 Å². The summed E-state index contributed by atoms with van der Waals surface area (Å²) in [7, 11) is 0. The second kappa shape index (κ2) is 4.59. The van der Waals surface area contributed by atoms with Gasteiger partial charge in [-0.25, -0.2) is 4.98 Å². The number of thiazole rings is 1. The fourth-order valence-corrected chi connectivity index (χ4v) is 2.41. The van der Waals surface area contributed by atoms with E-state index in [1.807, 2.05) is 18.3 Å². The van der Waals surface area contributed by atoms with Gasteiger partial charge in [0.05, 0.1) is 16.4 Å². The molecule has 2 aromatic rings. The van der Waals surface area contributed by atoms with Gasteiger partial charge >= 0.3 is 0 Å². The van der Waals surface area contributed by atoms with Gasteiger partial charge in [0.25, 0.3) is 0 Å². The molecule has 0 aliphatic heterocycles. The zero-order chi connectivity index (χ0) is 10.7. The van der Waals surface area contributed by atoms with Gasteiger partial charge in [-0.15, -0.1) is 11.3 Å². The van der Waals surface area contributed by atoms with Crippen molar-refractivity contribution in [3.63, 3.8) is 0 Å². The zero-order valence-corrected chi connectivity index (χ0v) is 9.55. The first-order valence-electron chi connectivity index (χ1n) is 5.10. The molecule has 15 heavy (non-hydrogen) atoms. The van der Waals surface area contributed by atoms with Crippen LogP contribution in [0.25, 0.3) is 11.4 Å². The van der Waals surface area contributed by atoms with Crippen molar-refractivity contribution in [2.24, 2.45) is 5.73 Å². The highest BCUT2D eigenvalue weighted by molar-refractivity contribution is 7.10. The smallest absolute Gasteiger partial charge is 0.0976 e. The minimum Gasteiger partial charge on any atom is -0.360 e. The molecular formula is C11H15N3S. The Labute approximate surface area is 93.4 Å². The van der Waals surface area contributed by atoms with Gasteiger partial charge < -0.3 is 10.7 Å². The summed E-state index contributed by atoms with van der Waals surface area (Å²) < 4.78 is 0. The summed E-state index contributed by atoms with van der Waals surface area (Å²) >= 11 is 1.71. The number of nitrogens with zero attached hydrogens (tertiary/aromatic N) is 1. The van der Waals surface area contributed by atoms with Crippen molar-refractivity contribution >= 4 is 11.3 Å². The zero-order valence-electron chi connectivity index (χ0n) is 8.73. The minimum atomic E-state index is 0.462. The molecule has 0 bridgehead atoms. The quantitative estimate of drug-likeness (QED) is 0.833. The summed E-state index contributed by atoms with van der Waals surface area (Å²) in [5.41, 5.74) is 7.65. The van der Waals surface area contributed by atoms with E-state index in [1.165, 1.54) is 5.01 Å². The van der Waals surface area contributed by atoms with Gasteiger partial charge in [-0.05, 0) is 25.1 Å². The van der Waals surface area contributed by atoms with Crippen LogP contribution in [-0.4, -0.2) is 16.5 Å². The summed E-state index contributed by atoms with van der Waals surface area (Å²) in [6, 6.07) is 4.02.